The Labute approximate surface area is 112 Å². The molecule has 1 aromatic rings. The highest BCUT2D eigenvalue weighted by Crippen LogP contribution is 2.26. The van der Waals surface area contributed by atoms with Gasteiger partial charge in [0.2, 0.25) is 0 Å². The van der Waals surface area contributed by atoms with E-state index in [-0.39, 0.29) is 0 Å². The molecular formula is C15H29N3. The molecule has 1 heterocycles. The molecule has 0 atom stereocenters. The van der Waals surface area contributed by atoms with E-state index in [9.17, 15) is 0 Å². The summed E-state index contributed by atoms with van der Waals surface area (Å²) < 4.78 is 1.82. The molecule has 0 radical (unpaired) electrons. The fourth-order valence-corrected chi connectivity index (χ4v) is 2.50. The lowest BCUT2D eigenvalue weighted by molar-refractivity contribution is 0.599. The van der Waals surface area contributed by atoms with E-state index >= 15 is 0 Å². The number of hydrogen-bond donors (Lipinski definition) is 1. The van der Waals surface area contributed by atoms with Crippen LogP contribution < -0.4 is 5.73 Å². The van der Waals surface area contributed by atoms with Gasteiger partial charge in [-0.1, -0.05) is 52.9 Å². The van der Waals surface area contributed by atoms with Gasteiger partial charge in [0, 0.05) is 12.6 Å². The van der Waals surface area contributed by atoms with E-state index in [1.807, 2.05) is 11.7 Å². The summed E-state index contributed by atoms with van der Waals surface area (Å²) in [7, 11) is 1.94. The van der Waals surface area contributed by atoms with E-state index in [0.717, 1.165) is 12.2 Å². The van der Waals surface area contributed by atoms with Crippen LogP contribution >= 0.6 is 0 Å². The number of aryl methyl sites for hydroxylation is 2. The summed E-state index contributed by atoms with van der Waals surface area (Å²) in [5.41, 5.74) is 8.54. The fraction of sp³-hybridized carbons (Fsp3) is 0.800. The average molecular weight is 251 g/mol. The first-order valence-corrected chi connectivity index (χ1v) is 7.39. The van der Waals surface area contributed by atoms with Crippen molar-refractivity contribution in [3.63, 3.8) is 0 Å². The first-order valence-electron chi connectivity index (χ1n) is 7.39. The summed E-state index contributed by atoms with van der Waals surface area (Å²) in [6.45, 7) is 6.64. The van der Waals surface area contributed by atoms with E-state index < -0.39 is 0 Å². The van der Waals surface area contributed by atoms with Crippen LogP contribution in [0.4, 0.5) is 5.82 Å². The Morgan fingerprint density at radius 1 is 1.11 bits per heavy atom. The van der Waals surface area contributed by atoms with Crippen molar-refractivity contribution in [2.75, 3.05) is 5.73 Å². The first-order chi connectivity index (χ1) is 8.57. The van der Waals surface area contributed by atoms with Gasteiger partial charge in [-0.3, -0.25) is 4.68 Å². The lowest BCUT2D eigenvalue weighted by Crippen LogP contribution is -2.00. The Bertz CT molecular complexity index is 353. The van der Waals surface area contributed by atoms with Gasteiger partial charge >= 0.3 is 0 Å². The van der Waals surface area contributed by atoms with Crippen LogP contribution in [0.3, 0.4) is 0 Å². The highest BCUT2D eigenvalue weighted by atomic mass is 15.3. The number of unbranched alkanes of at least 4 members (excludes halogenated alkanes) is 5. The number of anilines is 1. The van der Waals surface area contributed by atoms with Crippen molar-refractivity contribution >= 4 is 5.82 Å². The molecule has 0 aromatic carbocycles. The van der Waals surface area contributed by atoms with Crippen molar-refractivity contribution in [1.29, 1.82) is 0 Å². The summed E-state index contributed by atoms with van der Waals surface area (Å²) in [5, 5.41) is 4.56. The molecule has 0 fully saturated rings. The predicted octanol–water partition coefficient (Wildman–Crippen LogP) is 4.03. The van der Waals surface area contributed by atoms with E-state index in [1.54, 1.807) is 0 Å². The summed E-state index contributed by atoms with van der Waals surface area (Å²) in [6, 6.07) is 0. The number of rotatable bonds is 8. The van der Waals surface area contributed by atoms with Gasteiger partial charge in [0.05, 0.1) is 5.69 Å². The molecule has 0 bridgehead atoms. The average Bonchev–Trinajstić information content (AvgIpc) is 2.59. The molecule has 0 amide bonds. The normalized spacial score (nSPS) is 11.4. The van der Waals surface area contributed by atoms with Crippen LogP contribution in [0.15, 0.2) is 0 Å². The van der Waals surface area contributed by atoms with Gasteiger partial charge in [0.15, 0.2) is 0 Å². The summed E-state index contributed by atoms with van der Waals surface area (Å²) >= 11 is 0. The third-order valence-electron chi connectivity index (χ3n) is 3.55. The number of hydrogen-bond acceptors (Lipinski definition) is 2. The van der Waals surface area contributed by atoms with E-state index in [2.05, 4.69) is 25.9 Å². The molecule has 0 saturated heterocycles. The number of nitrogens with zero attached hydrogens (tertiary/aromatic N) is 2. The Morgan fingerprint density at radius 3 is 2.33 bits per heavy atom. The van der Waals surface area contributed by atoms with Crippen molar-refractivity contribution in [2.45, 2.75) is 71.6 Å². The second-order valence-corrected chi connectivity index (χ2v) is 5.54. The second-order valence-electron chi connectivity index (χ2n) is 5.54. The van der Waals surface area contributed by atoms with Crippen LogP contribution in [-0.2, 0) is 13.5 Å². The van der Waals surface area contributed by atoms with Crippen molar-refractivity contribution in [3.8, 4) is 0 Å². The molecule has 18 heavy (non-hydrogen) atoms. The van der Waals surface area contributed by atoms with Crippen molar-refractivity contribution in [2.24, 2.45) is 7.05 Å². The smallest absolute Gasteiger partial charge is 0.125 e. The van der Waals surface area contributed by atoms with Crippen LogP contribution in [0, 0.1) is 0 Å². The third kappa shape index (κ3) is 4.04. The Morgan fingerprint density at radius 2 is 1.72 bits per heavy atom. The Kier molecular flexibility index (Phi) is 6.23. The number of nitrogens with two attached hydrogens (primary N) is 1. The number of aromatic nitrogens is 2. The van der Waals surface area contributed by atoms with Gasteiger partial charge in [-0.15, -0.1) is 0 Å². The Hall–Kier alpha value is -0.990. The SMILES string of the molecule is CCCCCCCCc1nn(C)c(N)c1C(C)C. The predicted molar refractivity (Wildman–Crippen MR) is 78.8 cm³/mol. The minimum absolute atomic E-state index is 0.466. The quantitative estimate of drug-likeness (QED) is 0.709. The molecule has 1 aromatic heterocycles. The fourth-order valence-electron chi connectivity index (χ4n) is 2.50. The number of nitrogen functional groups attached to an aromatic ring is 1. The highest BCUT2D eigenvalue weighted by molar-refractivity contribution is 5.45. The van der Waals surface area contributed by atoms with E-state index in [0.29, 0.717) is 5.92 Å². The lowest BCUT2D eigenvalue weighted by atomic mass is 9.99. The largest absolute Gasteiger partial charge is 0.384 e. The maximum absolute atomic E-state index is 6.07. The van der Waals surface area contributed by atoms with Crippen LogP contribution in [0.2, 0.25) is 0 Å². The summed E-state index contributed by atoms with van der Waals surface area (Å²) in [6.07, 6.45) is 9.03. The van der Waals surface area contributed by atoms with Crippen molar-refractivity contribution < 1.29 is 0 Å². The molecule has 2 N–H and O–H groups in total. The zero-order valence-electron chi connectivity index (χ0n) is 12.5. The molecule has 0 aliphatic rings. The van der Waals surface area contributed by atoms with Crippen molar-refractivity contribution in [3.05, 3.63) is 11.3 Å². The minimum Gasteiger partial charge on any atom is -0.384 e. The third-order valence-corrected chi connectivity index (χ3v) is 3.55. The molecule has 1 rings (SSSR count). The second kappa shape index (κ2) is 7.45. The zero-order chi connectivity index (χ0) is 13.5. The minimum atomic E-state index is 0.466. The van der Waals surface area contributed by atoms with Crippen LogP contribution in [0.5, 0.6) is 0 Å². The van der Waals surface area contributed by atoms with Gasteiger partial charge in [-0.05, 0) is 18.8 Å². The van der Waals surface area contributed by atoms with Crippen molar-refractivity contribution in [1.82, 2.24) is 9.78 Å². The van der Waals surface area contributed by atoms with Gasteiger partial charge in [-0.25, -0.2) is 0 Å². The topological polar surface area (TPSA) is 43.8 Å². The lowest BCUT2D eigenvalue weighted by Gasteiger charge is -2.07. The zero-order valence-corrected chi connectivity index (χ0v) is 12.5. The molecule has 104 valence electrons. The Balaban J connectivity index is 2.44. The maximum Gasteiger partial charge on any atom is 0.125 e. The molecular weight excluding hydrogens is 222 g/mol. The van der Waals surface area contributed by atoms with Gasteiger partial charge in [0.1, 0.15) is 5.82 Å². The molecule has 3 nitrogen and oxygen atoms in total. The molecule has 0 unspecified atom stereocenters. The van der Waals surface area contributed by atoms with Crippen LogP contribution in [0.1, 0.15) is 76.5 Å². The van der Waals surface area contributed by atoms with Gasteiger partial charge < -0.3 is 5.73 Å². The maximum atomic E-state index is 6.07. The molecule has 0 spiro atoms. The van der Waals surface area contributed by atoms with Crippen LogP contribution in [0.25, 0.3) is 0 Å². The summed E-state index contributed by atoms with van der Waals surface area (Å²) in [5.74, 6) is 1.31. The summed E-state index contributed by atoms with van der Waals surface area (Å²) in [4.78, 5) is 0. The van der Waals surface area contributed by atoms with E-state index in [4.69, 9.17) is 5.73 Å². The molecule has 3 heteroatoms. The molecule has 0 aliphatic heterocycles. The monoisotopic (exact) mass is 251 g/mol. The van der Waals surface area contributed by atoms with E-state index in [1.165, 1.54) is 49.8 Å². The van der Waals surface area contributed by atoms with Gasteiger partial charge in [-0.2, -0.15) is 5.10 Å². The van der Waals surface area contributed by atoms with Crippen LogP contribution in [-0.4, -0.2) is 9.78 Å². The molecule has 0 aliphatic carbocycles. The highest BCUT2D eigenvalue weighted by Gasteiger charge is 2.15. The molecule has 0 saturated carbocycles. The first kappa shape index (κ1) is 15.1. The standard InChI is InChI=1S/C15H29N3/c1-5-6-7-8-9-10-11-13-14(12(2)3)15(16)18(4)17-13/h12H,5-11,16H2,1-4H3. The van der Waals surface area contributed by atoms with Gasteiger partial charge in [0.25, 0.3) is 0 Å².